The van der Waals surface area contributed by atoms with Gasteiger partial charge in [0.2, 0.25) is 0 Å². The van der Waals surface area contributed by atoms with E-state index < -0.39 is 17.8 Å². The van der Waals surface area contributed by atoms with E-state index in [4.69, 9.17) is 9.72 Å². The molecule has 0 saturated carbocycles. The Balaban J connectivity index is 1.86. The summed E-state index contributed by atoms with van der Waals surface area (Å²) in [4.78, 5) is 49.8. The SMILES string of the molecule is CCOC(=O)c1cc2c(=O)n3ccccc3nc2n(Cc2ccccc2)c1=NC(=O)[C@H](CC)c1ccccc1. The van der Waals surface area contributed by atoms with Crippen molar-refractivity contribution < 1.29 is 14.3 Å². The van der Waals surface area contributed by atoms with Crippen molar-refractivity contribution in [2.75, 3.05) is 6.61 Å². The molecule has 39 heavy (non-hydrogen) atoms. The second-order valence-corrected chi connectivity index (χ2v) is 9.08. The van der Waals surface area contributed by atoms with E-state index in [1.54, 1.807) is 35.9 Å². The summed E-state index contributed by atoms with van der Waals surface area (Å²) in [6.45, 7) is 3.98. The zero-order valence-corrected chi connectivity index (χ0v) is 21.8. The largest absolute Gasteiger partial charge is 0.462 e. The Hall–Kier alpha value is -4.85. The van der Waals surface area contributed by atoms with Gasteiger partial charge in [0.1, 0.15) is 16.9 Å². The summed E-state index contributed by atoms with van der Waals surface area (Å²) < 4.78 is 8.44. The highest BCUT2D eigenvalue weighted by molar-refractivity contribution is 5.94. The van der Waals surface area contributed by atoms with E-state index in [9.17, 15) is 14.4 Å². The number of nitrogens with zero attached hydrogens (tertiary/aromatic N) is 4. The highest BCUT2D eigenvalue weighted by atomic mass is 16.5. The van der Waals surface area contributed by atoms with Crippen molar-refractivity contribution in [3.8, 4) is 0 Å². The monoisotopic (exact) mass is 520 g/mol. The smallest absolute Gasteiger partial charge is 0.341 e. The number of hydrogen-bond donors (Lipinski definition) is 0. The molecule has 0 saturated heterocycles. The van der Waals surface area contributed by atoms with Gasteiger partial charge in [0.25, 0.3) is 11.5 Å². The number of ether oxygens (including phenoxy) is 1. The highest BCUT2D eigenvalue weighted by Crippen LogP contribution is 2.21. The molecule has 3 aromatic heterocycles. The van der Waals surface area contributed by atoms with Gasteiger partial charge in [-0.2, -0.15) is 4.99 Å². The van der Waals surface area contributed by atoms with Gasteiger partial charge in [-0.3, -0.25) is 14.0 Å². The Morgan fingerprint density at radius 2 is 1.64 bits per heavy atom. The maximum atomic E-state index is 13.7. The van der Waals surface area contributed by atoms with Crippen molar-refractivity contribution in [3.63, 3.8) is 0 Å². The van der Waals surface area contributed by atoms with Crippen molar-refractivity contribution in [1.82, 2.24) is 14.0 Å². The molecule has 5 rings (SSSR count). The Morgan fingerprint density at radius 3 is 2.33 bits per heavy atom. The molecule has 3 heterocycles. The summed E-state index contributed by atoms with van der Waals surface area (Å²) >= 11 is 0. The molecule has 196 valence electrons. The third-order valence-corrected chi connectivity index (χ3v) is 6.59. The number of hydrogen-bond acceptors (Lipinski definition) is 5. The average Bonchev–Trinajstić information content (AvgIpc) is 2.96. The fourth-order valence-corrected chi connectivity index (χ4v) is 4.69. The first-order valence-electron chi connectivity index (χ1n) is 12.9. The molecule has 8 nitrogen and oxygen atoms in total. The Labute approximate surface area is 224 Å². The second kappa shape index (κ2) is 11.3. The zero-order chi connectivity index (χ0) is 27.4. The van der Waals surface area contributed by atoms with Crippen LogP contribution in [-0.2, 0) is 16.1 Å². The third-order valence-electron chi connectivity index (χ3n) is 6.59. The van der Waals surface area contributed by atoms with E-state index in [0.717, 1.165) is 11.1 Å². The zero-order valence-electron chi connectivity index (χ0n) is 21.8. The van der Waals surface area contributed by atoms with Crippen LogP contribution in [0.15, 0.2) is 101 Å². The Kier molecular flexibility index (Phi) is 7.45. The van der Waals surface area contributed by atoms with Gasteiger partial charge >= 0.3 is 5.97 Å². The molecule has 0 aliphatic carbocycles. The summed E-state index contributed by atoms with van der Waals surface area (Å²) in [5, 5.41) is 0.221. The first-order chi connectivity index (χ1) is 19.0. The molecule has 0 aliphatic rings. The quantitative estimate of drug-likeness (QED) is 0.233. The minimum absolute atomic E-state index is 0.0336. The van der Waals surface area contributed by atoms with E-state index in [1.807, 2.05) is 67.6 Å². The molecular formula is C31H28N4O4. The van der Waals surface area contributed by atoms with E-state index >= 15 is 0 Å². The lowest BCUT2D eigenvalue weighted by atomic mass is 9.96. The van der Waals surface area contributed by atoms with Crippen LogP contribution in [0.2, 0.25) is 0 Å². The summed E-state index contributed by atoms with van der Waals surface area (Å²) in [7, 11) is 0. The minimum atomic E-state index is -0.668. The van der Waals surface area contributed by atoms with E-state index in [2.05, 4.69) is 4.99 Å². The van der Waals surface area contributed by atoms with Crippen LogP contribution in [0.5, 0.6) is 0 Å². The maximum absolute atomic E-state index is 13.7. The Morgan fingerprint density at radius 1 is 0.949 bits per heavy atom. The molecule has 0 unspecified atom stereocenters. The van der Waals surface area contributed by atoms with Crippen LogP contribution >= 0.6 is 0 Å². The summed E-state index contributed by atoms with van der Waals surface area (Å²) in [5.41, 5.74) is 2.29. The molecule has 2 aromatic carbocycles. The molecule has 8 heteroatoms. The maximum Gasteiger partial charge on any atom is 0.341 e. The van der Waals surface area contributed by atoms with Gasteiger partial charge in [-0.05, 0) is 42.7 Å². The number of carbonyl (C=O) groups is 2. The van der Waals surface area contributed by atoms with Gasteiger partial charge in [-0.25, -0.2) is 9.78 Å². The molecular weight excluding hydrogens is 492 g/mol. The lowest BCUT2D eigenvalue weighted by Gasteiger charge is -2.16. The number of rotatable bonds is 7. The molecule has 0 N–H and O–H groups in total. The third kappa shape index (κ3) is 5.13. The van der Waals surface area contributed by atoms with Gasteiger partial charge in [0.15, 0.2) is 5.49 Å². The molecule has 0 aliphatic heterocycles. The molecule has 0 radical (unpaired) electrons. The number of carbonyl (C=O) groups excluding carboxylic acids is 2. The van der Waals surface area contributed by atoms with E-state index in [-0.39, 0.29) is 35.1 Å². The fourth-order valence-electron chi connectivity index (χ4n) is 4.69. The summed E-state index contributed by atoms with van der Waals surface area (Å²) in [5.74, 6) is -1.57. The predicted molar refractivity (Wildman–Crippen MR) is 149 cm³/mol. The van der Waals surface area contributed by atoms with Crippen LogP contribution in [0.1, 0.15) is 47.7 Å². The van der Waals surface area contributed by atoms with Crippen LogP contribution in [0, 0.1) is 0 Å². The summed E-state index contributed by atoms with van der Waals surface area (Å²) in [6.07, 6.45) is 2.15. The van der Waals surface area contributed by atoms with Gasteiger partial charge in [-0.15, -0.1) is 0 Å². The lowest BCUT2D eigenvalue weighted by molar-refractivity contribution is -0.119. The van der Waals surface area contributed by atoms with E-state index in [1.165, 1.54) is 10.5 Å². The van der Waals surface area contributed by atoms with Crippen LogP contribution in [0.3, 0.4) is 0 Å². The van der Waals surface area contributed by atoms with Crippen LogP contribution in [0.4, 0.5) is 0 Å². The first-order valence-corrected chi connectivity index (χ1v) is 12.9. The number of pyridine rings is 2. The topological polar surface area (TPSA) is 95.0 Å². The van der Waals surface area contributed by atoms with E-state index in [0.29, 0.717) is 17.7 Å². The van der Waals surface area contributed by atoms with Crippen LogP contribution in [-0.4, -0.2) is 32.4 Å². The van der Waals surface area contributed by atoms with Gasteiger partial charge < -0.3 is 9.30 Å². The van der Waals surface area contributed by atoms with Gasteiger partial charge in [-0.1, -0.05) is 73.7 Å². The molecule has 1 amide bonds. The Bertz CT molecular complexity index is 1790. The fraction of sp³-hybridized carbons (Fsp3) is 0.194. The second-order valence-electron chi connectivity index (χ2n) is 9.08. The van der Waals surface area contributed by atoms with Crippen molar-refractivity contribution in [1.29, 1.82) is 0 Å². The molecule has 0 fully saturated rings. The minimum Gasteiger partial charge on any atom is -0.462 e. The normalized spacial score (nSPS) is 12.5. The number of benzene rings is 2. The van der Waals surface area contributed by atoms with Crippen molar-refractivity contribution >= 4 is 28.6 Å². The summed E-state index contributed by atoms with van der Waals surface area (Å²) in [6, 6.07) is 25.7. The van der Waals surface area contributed by atoms with Gasteiger partial charge in [0.05, 0.1) is 24.5 Å². The number of amides is 1. The molecule has 5 aromatic rings. The van der Waals surface area contributed by atoms with Crippen LogP contribution in [0.25, 0.3) is 16.7 Å². The average molecular weight is 521 g/mol. The standard InChI is InChI=1S/C31H28N4O4/c1-3-23(22-15-9-6-10-16-22)29(36)33-28-25(31(38)39-4-2)19-24-27(35(28)20-21-13-7-5-8-14-21)32-26-17-11-12-18-34(26)30(24)37/h5-19,23H,3-4,20H2,1-2H3/t23-/m1/s1. The first kappa shape index (κ1) is 25.8. The number of esters is 1. The van der Waals surface area contributed by atoms with Crippen molar-refractivity contribution in [2.45, 2.75) is 32.7 Å². The predicted octanol–water partition coefficient (Wildman–Crippen LogP) is 4.50. The molecule has 1 atom stereocenters. The lowest BCUT2D eigenvalue weighted by Crippen LogP contribution is -2.33. The molecule has 0 spiro atoms. The number of fused-ring (bicyclic) bond motifs is 2. The highest BCUT2D eigenvalue weighted by Gasteiger charge is 2.23. The number of aromatic nitrogens is 3. The van der Waals surface area contributed by atoms with Crippen molar-refractivity contribution in [2.24, 2.45) is 4.99 Å². The van der Waals surface area contributed by atoms with Gasteiger partial charge in [0, 0.05) is 6.20 Å². The molecule has 0 bridgehead atoms. The van der Waals surface area contributed by atoms with Crippen molar-refractivity contribution in [3.05, 3.63) is 124 Å². The van der Waals surface area contributed by atoms with Crippen LogP contribution < -0.4 is 11.0 Å².